The van der Waals surface area contributed by atoms with Crippen molar-refractivity contribution in [2.45, 2.75) is 13.8 Å². The van der Waals surface area contributed by atoms with Crippen molar-refractivity contribution in [3.8, 4) is 11.1 Å². The minimum atomic E-state index is 1.01. The lowest BCUT2D eigenvalue weighted by Crippen LogP contribution is -2.31. The van der Waals surface area contributed by atoms with E-state index in [1.54, 1.807) is 0 Å². The highest BCUT2D eigenvalue weighted by Crippen LogP contribution is 2.35. The van der Waals surface area contributed by atoms with Crippen molar-refractivity contribution in [2.75, 3.05) is 18.0 Å². The zero-order valence-electron chi connectivity index (χ0n) is 13.6. The van der Waals surface area contributed by atoms with Crippen LogP contribution in [0.2, 0.25) is 0 Å². The van der Waals surface area contributed by atoms with Crippen molar-refractivity contribution in [2.24, 2.45) is 7.05 Å². The number of nitrogens with zero attached hydrogens (tertiary/aromatic N) is 2. The van der Waals surface area contributed by atoms with Crippen molar-refractivity contribution < 1.29 is 4.57 Å². The number of rotatable bonds is 4. The van der Waals surface area contributed by atoms with Crippen LogP contribution in [0.1, 0.15) is 13.8 Å². The molecule has 0 aliphatic rings. The van der Waals surface area contributed by atoms with Gasteiger partial charge in [-0.25, -0.2) is 4.57 Å². The Morgan fingerprint density at radius 3 is 2.18 bits per heavy atom. The maximum absolute atomic E-state index is 2.45. The third-order valence-electron chi connectivity index (χ3n) is 4.28. The largest absolute Gasteiger partial charge is 0.371 e. The molecule has 0 atom stereocenters. The third-order valence-corrected chi connectivity index (χ3v) is 4.28. The van der Waals surface area contributed by atoms with Crippen molar-refractivity contribution in [3.63, 3.8) is 0 Å². The minimum Gasteiger partial charge on any atom is -0.371 e. The maximum Gasteiger partial charge on any atom is 0.214 e. The van der Waals surface area contributed by atoms with Crippen LogP contribution in [-0.2, 0) is 7.05 Å². The number of pyridine rings is 1. The summed E-state index contributed by atoms with van der Waals surface area (Å²) < 4.78 is 2.23. The number of hydrogen-bond donors (Lipinski definition) is 0. The summed E-state index contributed by atoms with van der Waals surface area (Å²) in [7, 11) is 2.13. The molecule has 0 radical (unpaired) electrons. The first-order valence-electron chi connectivity index (χ1n) is 7.98. The summed E-state index contributed by atoms with van der Waals surface area (Å²) in [5.41, 5.74) is 5.17. The van der Waals surface area contributed by atoms with Gasteiger partial charge in [0.15, 0.2) is 6.20 Å². The molecular weight excluding hydrogens is 268 g/mol. The highest BCUT2D eigenvalue weighted by Gasteiger charge is 2.20. The van der Waals surface area contributed by atoms with Crippen molar-refractivity contribution in [3.05, 3.63) is 60.8 Å². The molecule has 0 spiro atoms. The van der Waals surface area contributed by atoms with Gasteiger partial charge in [0.05, 0.1) is 16.6 Å². The van der Waals surface area contributed by atoms with Crippen LogP contribution in [0, 0.1) is 0 Å². The van der Waals surface area contributed by atoms with E-state index >= 15 is 0 Å². The molecule has 0 bridgehead atoms. The molecular formula is C20H23N2+. The molecule has 112 valence electrons. The smallest absolute Gasteiger partial charge is 0.214 e. The first-order chi connectivity index (χ1) is 10.8. The number of benzene rings is 2. The van der Waals surface area contributed by atoms with E-state index < -0.39 is 0 Å². The Balaban J connectivity index is 2.38. The van der Waals surface area contributed by atoms with Crippen LogP contribution in [0.3, 0.4) is 0 Å². The van der Waals surface area contributed by atoms with Gasteiger partial charge < -0.3 is 4.90 Å². The van der Waals surface area contributed by atoms with Crippen LogP contribution in [0.15, 0.2) is 60.8 Å². The van der Waals surface area contributed by atoms with Crippen LogP contribution in [0.5, 0.6) is 0 Å². The lowest BCUT2D eigenvalue weighted by molar-refractivity contribution is -0.644. The number of aryl methyl sites for hydroxylation is 1. The first kappa shape index (κ1) is 14.6. The number of anilines is 1. The fraction of sp³-hybridized carbons (Fsp3) is 0.250. The molecule has 3 aromatic rings. The standard InChI is InChI=1S/C20H23N2/c1-4-22(5-2)20-17-13-9-10-14-19(17)21(3)15-18(20)16-11-7-6-8-12-16/h6-15H,4-5H2,1-3H3/q+1. The highest BCUT2D eigenvalue weighted by molar-refractivity contribution is 5.98. The number of hydrogen-bond acceptors (Lipinski definition) is 1. The number of fused-ring (bicyclic) bond motifs is 1. The summed E-state index contributed by atoms with van der Waals surface area (Å²) in [4.78, 5) is 2.45. The monoisotopic (exact) mass is 291 g/mol. The Labute approximate surface area is 132 Å². The molecule has 0 N–H and O–H groups in total. The van der Waals surface area contributed by atoms with Crippen molar-refractivity contribution in [1.29, 1.82) is 0 Å². The molecule has 0 aliphatic carbocycles. The molecule has 22 heavy (non-hydrogen) atoms. The lowest BCUT2D eigenvalue weighted by Gasteiger charge is -2.25. The summed E-state index contributed by atoms with van der Waals surface area (Å²) in [6.45, 7) is 6.46. The highest BCUT2D eigenvalue weighted by atomic mass is 15.1. The fourth-order valence-electron chi connectivity index (χ4n) is 3.16. The second-order valence-electron chi connectivity index (χ2n) is 5.56. The zero-order chi connectivity index (χ0) is 15.5. The SMILES string of the molecule is CCN(CC)c1c(-c2ccccc2)c[n+](C)c2ccccc12. The van der Waals surface area contributed by atoms with E-state index in [9.17, 15) is 0 Å². The molecule has 0 saturated heterocycles. The predicted molar refractivity (Wildman–Crippen MR) is 94.1 cm³/mol. The van der Waals surface area contributed by atoms with E-state index in [1.165, 1.54) is 27.7 Å². The molecule has 1 heterocycles. The van der Waals surface area contributed by atoms with Gasteiger partial charge in [0.2, 0.25) is 5.52 Å². The van der Waals surface area contributed by atoms with Gasteiger partial charge in [-0.15, -0.1) is 0 Å². The normalized spacial score (nSPS) is 10.9. The Kier molecular flexibility index (Phi) is 4.10. The van der Waals surface area contributed by atoms with Gasteiger partial charge in [0.1, 0.15) is 7.05 Å². The molecule has 1 aromatic heterocycles. The molecule has 2 heteroatoms. The number of aromatic nitrogens is 1. The molecule has 0 saturated carbocycles. The lowest BCUT2D eigenvalue weighted by atomic mass is 10.0. The molecule has 3 rings (SSSR count). The number of para-hydroxylation sites is 1. The van der Waals surface area contributed by atoms with Crippen LogP contribution < -0.4 is 9.47 Å². The third kappa shape index (κ3) is 2.45. The second kappa shape index (κ2) is 6.18. The van der Waals surface area contributed by atoms with Gasteiger partial charge in [-0.1, -0.05) is 42.5 Å². The minimum absolute atomic E-state index is 1.01. The van der Waals surface area contributed by atoms with Gasteiger partial charge >= 0.3 is 0 Å². The van der Waals surface area contributed by atoms with E-state index in [1.807, 2.05) is 0 Å². The van der Waals surface area contributed by atoms with Gasteiger partial charge in [0.25, 0.3) is 0 Å². The maximum atomic E-state index is 2.45. The topological polar surface area (TPSA) is 7.12 Å². The van der Waals surface area contributed by atoms with Gasteiger partial charge in [0, 0.05) is 19.2 Å². The molecule has 0 aliphatic heterocycles. The summed E-state index contributed by atoms with van der Waals surface area (Å²) in [5.74, 6) is 0. The fourth-order valence-corrected chi connectivity index (χ4v) is 3.16. The van der Waals surface area contributed by atoms with Crippen LogP contribution in [0.25, 0.3) is 22.0 Å². The van der Waals surface area contributed by atoms with Crippen molar-refractivity contribution >= 4 is 16.6 Å². The zero-order valence-corrected chi connectivity index (χ0v) is 13.6. The molecule has 2 aromatic carbocycles. The summed E-state index contributed by atoms with van der Waals surface area (Å²) >= 11 is 0. The van der Waals surface area contributed by atoms with Crippen LogP contribution in [-0.4, -0.2) is 13.1 Å². The summed E-state index contributed by atoms with van der Waals surface area (Å²) in [5, 5.41) is 1.31. The average Bonchev–Trinajstić information content (AvgIpc) is 2.58. The molecule has 0 unspecified atom stereocenters. The average molecular weight is 291 g/mol. The van der Waals surface area contributed by atoms with E-state index in [0.29, 0.717) is 0 Å². The van der Waals surface area contributed by atoms with Crippen LogP contribution in [0.4, 0.5) is 5.69 Å². The van der Waals surface area contributed by atoms with E-state index in [0.717, 1.165) is 13.1 Å². The molecule has 0 amide bonds. The Morgan fingerprint density at radius 1 is 0.864 bits per heavy atom. The van der Waals surface area contributed by atoms with E-state index in [4.69, 9.17) is 0 Å². The van der Waals surface area contributed by atoms with E-state index in [2.05, 4.69) is 91.2 Å². The molecule has 2 nitrogen and oxygen atoms in total. The Bertz CT molecular complexity index is 774. The Morgan fingerprint density at radius 2 is 1.50 bits per heavy atom. The van der Waals surface area contributed by atoms with Crippen LogP contribution >= 0.6 is 0 Å². The predicted octanol–water partition coefficient (Wildman–Crippen LogP) is 4.18. The van der Waals surface area contributed by atoms with Gasteiger partial charge in [-0.3, -0.25) is 0 Å². The van der Waals surface area contributed by atoms with Crippen molar-refractivity contribution in [1.82, 2.24) is 0 Å². The quantitative estimate of drug-likeness (QED) is 0.654. The van der Waals surface area contributed by atoms with Gasteiger partial charge in [-0.05, 0) is 25.5 Å². The Hall–Kier alpha value is -2.35. The summed E-state index contributed by atoms with van der Waals surface area (Å²) in [6, 6.07) is 19.3. The van der Waals surface area contributed by atoms with E-state index in [-0.39, 0.29) is 0 Å². The second-order valence-corrected chi connectivity index (χ2v) is 5.56. The summed E-state index contributed by atoms with van der Waals surface area (Å²) in [6.07, 6.45) is 2.26. The van der Waals surface area contributed by atoms with Gasteiger partial charge in [-0.2, -0.15) is 0 Å². The molecule has 0 fully saturated rings. The first-order valence-corrected chi connectivity index (χ1v) is 7.98.